The molecule has 1 atom stereocenters. The lowest BCUT2D eigenvalue weighted by Gasteiger charge is -2.34. The number of rotatable bonds is 4. The van der Waals surface area contributed by atoms with Crippen LogP contribution in [0.2, 0.25) is 5.02 Å². The number of hydrogen-bond acceptors (Lipinski definition) is 4. The molecule has 1 aliphatic rings. The highest BCUT2D eigenvalue weighted by Crippen LogP contribution is 2.21. The second-order valence-corrected chi connectivity index (χ2v) is 5.18. The van der Waals surface area contributed by atoms with E-state index in [0.29, 0.717) is 36.9 Å². The lowest BCUT2D eigenvalue weighted by Crippen LogP contribution is -2.57. The molecule has 2 amide bonds. The first kappa shape index (κ1) is 15.6. The molecule has 21 heavy (non-hydrogen) atoms. The number of amides is 2. The minimum absolute atomic E-state index is 0.129. The predicted molar refractivity (Wildman–Crippen MR) is 81.5 cm³/mol. The monoisotopic (exact) mass is 310 g/mol. The van der Waals surface area contributed by atoms with Crippen molar-refractivity contribution in [1.82, 2.24) is 15.2 Å². The maximum absolute atomic E-state index is 12.7. The molecule has 7 heteroatoms. The van der Waals surface area contributed by atoms with Crippen molar-refractivity contribution in [3.63, 3.8) is 0 Å². The van der Waals surface area contributed by atoms with Crippen LogP contribution < -0.4 is 10.6 Å². The Kier molecular flexibility index (Phi) is 5.01. The molecule has 0 radical (unpaired) electrons. The smallest absolute Gasteiger partial charge is 0.274 e. The Morgan fingerprint density at radius 1 is 1.52 bits per heavy atom. The summed E-state index contributed by atoms with van der Waals surface area (Å²) in [5.74, 6) is 0.164. The zero-order valence-corrected chi connectivity index (χ0v) is 12.9. The van der Waals surface area contributed by atoms with Gasteiger partial charge < -0.3 is 15.5 Å². The first-order chi connectivity index (χ1) is 10.1. The van der Waals surface area contributed by atoms with Gasteiger partial charge in [0.1, 0.15) is 17.6 Å². The van der Waals surface area contributed by atoms with Gasteiger partial charge in [-0.15, -0.1) is 0 Å². The molecule has 0 aliphatic carbocycles. The number of carbonyl (C=O) groups excluding carboxylic acids is 2. The molecular weight excluding hydrogens is 292 g/mol. The van der Waals surface area contributed by atoms with Crippen molar-refractivity contribution < 1.29 is 9.59 Å². The van der Waals surface area contributed by atoms with Gasteiger partial charge in [-0.25, -0.2) is 4.98 Å². The Bertz CT molecular complexity index is 550. The Hall–Kier alpha value is -1.82. The molecule has 0 bridgehead atoms. The van der Waals surface area contributed by atoms with Gasteiger partial charge in [-0.2, -0.15) is 0 Å². The number of pyridine rings is 1. The molecule has 1 aliphatic heterocycles. The first-order valence-corrected chi connectivity index (χ1v) is 7.45. The molecule has 2 rings (SSSR count). The molecule has 2 N–H and O–H groups in total. The van der Waals surface area contributed by atoms with Gasteiger partial charge in [-0.3, -0.25) is 9.59 Å². The van der Waals surface area contributed by atoms with Crippen LogP contribution >= 0.6 is 11.6 Å². The highest BCUT2D eigenvalue weighted by atomic mass is 35.5. The number of carbonyl (C=O) groups is 2. The standard InChI is InChI=1S/C14H19ClN4O2/c1-3-10-13(20)17-7-8-19(10)14(21)12-9(15)5-6-11(18-12)16-4-2/h5-6,10H,3-4,7-8H2,1-2H3,(H,16,18)(H,17,20). The van der Waals surface area contributed by atoms with Gasteiger partial charge in [0.25, 0.3) is 5.91 Å². The van der Waals surface area contributed by atoms with E-state index in [1.807, 2.05) is 13.8 Å². The van der Waals surface area contributed by atoms with Crippen molar-refractivity contribution in [2.75, 3.05) is 25.0 Å². The quantitative estimate of drug-likeness (QED) is 0.884. The summed E-state index contributed by atoms with van der Waals surface area (Å²) in [6.07, 6.45) is 0.558. The third-order valence-corrected chi connectivity index (χ3v) is 3.69. The van der Waals surface area contributed by atoms with Crippen LogP contribution in [-0.2, 0) is 4.79 Å². The lowest BCUT2D eigenvalue weighted by molar-refractivity contribution is -0.127. The van der Waals surface area contributed by atoms with Crippen molar-refractivity contribution in [1.29, 1.82) is 0 Å². The zero-order valence-electron chi connectivity index (χ0n) is 12.1. The number of aromatic nitrogens is 1. The van der Waals surface area contributed by atoms with E-state index in [-0.39, 0.29) is 17.5 Å². The van der Waals surface area contributed by atoms with Crippen molar-refractivity contribution in [3.05, 3.63) is 22.8 Å². The molecule has 114 valence electrons. The van der Waals surface area contributed by atoms with E-state index in [1.165, 1.54) is 0 Å². The second kappa shape index (κ2) is 6.76. The van der Waals surface area contributed by atoms with Crippen LogP contribution in [-0.4, -0.2) is 47.4 Å². The number of halogens is 1. The molecule has 1 unspecified atom stereocenters. The minimum atomic E-state index is -0.466. The Morgan fingerprint density at radius 2 is 2.29 bits per heavy atom. The molecule has 0 spiro atoms. The maximum atomic E-state index is 12.7. The summed E-state index contributed by atoms with van der Waals surface area (Å²) < 4.78 is 0. The van der Waals surface area contributed by atoms with Gasteiger partial charge in [0.15, 0.2) is 0 Å². The summed E-state index contributed by atoms with van der Waals surface area (Å²) in [5.41, 5.74) is 0.184. The van der Waals surface area contributed by atoms with Crippen LogP contribution in [0.25, 0.3) is 0 Å². The van der Waals surface area contributed by atoms with Crippen molar-refractivity contribution in [2.24, 2.45) is 0 Å². The molecule has 0 saturated carbocycles. The fraction of sp³-hybridized carbons (Fsp3) is 0.500. The zero-order chi connectivity index (χ0) is 15.4. The second-order valence-electron chi connectivity index (χ2n) is 4.77. The van der Waals surface area contributed by atoms with E-state index in [9.17, 15) is 9.59 Å². The Morgan fingerprint density at radius 3 is 2.95 bits per heavy atom. The summed E-state index contributed by atoms with van der Waals surface area (Å²) in [7, 11) is 0. The fourth-order valence-corrected chi connectivity index (χ4v) is 2.56. The fourth-order valence-electron chi connectivity index (χ4n) is 2.37. The van der Waals surface area contributed by atoms with E-state index < -0.39 is 6.04 Å². The molecule has 1 aromatic rings. The molecule has 0 aromatic carbocycles. The van der Waals surface area contributed by atoms with E-state index in [2.05, 4.69) is 15.6 Å². The SMILES string of the molecule is CCNc1ccc(Cl)c(C(=O)N2CCNC(=O)C2CC)n1. The summed E-state index contributed by atoms with van der Waals surface area (Å²) in [6.45, 7) is 5.43. The third-order valence-electron chi connectivity index (χ3n) is 3.38. The van der Waals surface area contributed by atoms with Gasteiger partial charge in [-0.1, -0.05) is 18.5 Å². The van der Waals surface area contributed by atoms with Crippen LogP contribution in [0, 0.1) is 0 Å². The van der Waals surface area contributed by atoms with E-state index in [1.54, 1.807) is 17.0 Å². The minimum Gasteiger partial charge on any atom is -0.370 e. The Labute approximate surface area is 128 Å². The van der Waals surface area contributed by atoms with E-state index in [4.69, 9.17) is 11.6 Å². The van der Waals surface area contributed by atoms with Crippen LogP contribution in [0.3, 0.4) is 0 Å². The molecule has 1 aromatic heterocycles. The summed E-state index contributed by atoms with van der Waals surface area (Å²) in [5, 5.41) is 6.11. The van der Waals surface area contributed by atoms with Gasteiger partial charge in [0.2, 0.25) is 5.91 Å². The maximum Gasteiger partial charge on any atom is 0.274 e. The van der Waals surface area contributed by atoms with Crippen molar-refractivity contribution in [3.8, 4) is 0 Å². The number of anilines is 1. The van der Waals surface area contributed by atoms with E-state index in [0.717, 1.165) is 0 Å². The topological polar surface area (TPSA) is 74.3 Å². The van der Waals surface area contributed by atoms with E-state index >= 15 is 0 Å². The van der Waals surface area contributed by atoms with Gasteiger partial charge in [0, 0.05) is 19.6 Å². The number of nitrogens with zero attached hydrogens (tertiary/aromatic N) is 2. The van der Waals surface area contributed by atoms with Crippen molar-refractivity contribution >= 4 is 29.2 Å². The van der Waals surface area contributed by atoms with Crippen LogP contribution in [0.5, 0.6) is 0 Å². The highest BCUT2D eigenvalue weighted by molar-refractivity contribution is 6.33. The van der Waals surface area contributed by atoms with Gasteiger partial charge >= 0.3 is 0 Å². The average molecular weight is 311 g/mol. The molecule has 6 nitrogen and oxygen atoms in total. The predicted octanol–water partition coefficient (Wildman–Crippen LogP) is 1.52. The Balaban J connectivity index is 2.29. The number of hydrogen-bond donors (Lipinski definition) is 2. The highest BCUT2D eigenvalue weighted by Gasteiger charge is 2.33. The third kappa shape index (κ3) is 3.26. The number of nitrogens with one attached hydrogen (secondary N) is 2. The van der Waals surface area contributed by atoms with Crippen LogP contribution in [0.4, 0.5) is 5.82 Å². The van der Waals surface area contributed by atoms with Crippen LogP contribution in [0.1, 0.15) is 30.8 Å². The summed E-state index contributed by atoms with van der Waals surface area (Å²) in [4.78, 5) is 30.3. The van der Waals surface area contributed by atoms with Crippen LogP contribution in [0.15, 0.2) is 12.1 Å². The molecule has 1 saturated heterocycles. The van der Waals surface area contributed by atoms with Gasteiger partial charge in [0.05, 0.1) is 5.02 Å². The molecule has 1 fully saturated rings. The average Bonchev–Trinajstić information content (AvgIpc) is 2.48. The number of piperazine rings is 1. The molecular formula is C14H19ClN4O2. The lowest BCUT2D eigenvalue weighted by atomic mass is 10.1. The normalized spacial score (nSPS) is 18.3. The molecule has 2 heterocycles. The van der Waals surface area contributed by atoms with Crippen molar-refractivity contribution in [2.45, 2.75) is 26.3 Å². The summed E-state index contributed by atoms with van der Waals surface area (Å²) in [6, 6.07) is 2.90. The largest absolute Gasteiger partial charge is 0.370 e. The first-order valence-electron chi connectivity index (χ1n) is 7.07. The van der Waals surface area contributed by atoms with Gasteiger partial charge in [-0.05, 0) is 25.5 Å². The summed E-state index contributed by atoms with van der Waals surface area (Å²) >= 11 is 6.10.